The molecule has 176 valence electrons. The first-order valence-corrected chi connectivity index (χ1v) is 9.56. The van der Waals surface area contributed by atoms with Crippen molar-refractivity contribution in [2.45, 2.75) is 37.4 Å². The molecule has 4 amide bonds. The highest BCUT2D eigenvalue weighted by Crippen LogP contribution is 2.12. The van der Waals surface area contributed by atoms with Gasteiger partial charge in [0.05, 0.1) is 13.2 Å². The van der Waals surface area contributed by atoms with Gasteiger partial charge in [-0.15, -0.1) is 0 Å². The Morgan fingerprint density at radius 3 is 2.12 bits per heavy atom. The predicted molar refractivity (Wildman–Crippen MR) is 110 cm³/mol. The Kier molecular flexibility index (Phi) is 10.6. The molecule has 1 rings (SSSR count). The van der Waals surface area contributed by atoms with E-state index in [9.17, 15) is 34.2 Å². The minimum absolute atomic E-state index is 0.0147. The van der Waals surface area contributed by atoms with Crippen LogP contribution in [0.3, 0.4) is 0 Å². The van der Waals surface area contributed by atoms with Gasteiger partial charge in [0.15, 0.2) is 0 Å². The molecule has 0 fully saturated rings. The first-order chi connectivity index (χ1) is 15.0. The van der Waals surface area contributed by atoms with Crippen LogP contribution in [0.5, 0.6) is 5.75 Å². The van der Waals surface area contributed by atoms with Crippen LogP contribution < -0.4 is 27.4 Å². The first kappa shape index (κ1) is 26.3. The normalized spacial score (nSPS) is 13.3. The highest BCUT2D eigenvalue weighted by molar-refractivity contribution is 5.92. The second kappa shape index (κ2) is 12.9. The molecule has 13 nitrogen and oxygen atoms in total. The van der Waals surface area contributed by atoms with Gasteiger partial charge >= 0.3 is 5.97 Å². The summed E-state index contributed by atoms with van der Waals surface area (Å²) in [5.74, 6) is -4.54. The van der Waals surface area contributed by atoms with Crippen LogP contribution in [0.1, 0.15) is 18.4 Å². The van der Waals surface area contributed by atoms with Crippen LogP contribution in [0.2, 0.25) is 0 Å². The summed E-state index contributed by atoms with van der Waals surface area (Å²) >= 11 is 0. The number of carboxylic acid groups (broad SMARTS) is 1. The SMILES string of the molecule is NC(=O)CC[C@H](NC(=O)[C@H](Cc1ccc(O)cc1)NC(=O)CNC(=O)[C@@H](N)CO)C(=O)O. The van der Waals surface area contributed by atoms with Crippen molar-refractivity contribution >= 4 is 29.6 Å². The average molecular weight is 453 g/mol. The van der Waals surface area contributed by atoms with E-state index in [1.54, 1.807) is 0 Å². The van der Waals surface area contributed by atoms with E-state index >= 15 is 0 Å². The van der Waals surface area contributed by atoms with Gasteiger partial charge in [-0.25, -0.2) is 4.79 Å². The molecule has 0 aromatic heterocycles. The molecule has 1 aromatic rings. The number of hydrogen-bond acceptors (Lipinski definition) is 8. The number of benzene rings is 1. The molecular weight excluding hydrogens is 426 g/mol. The molecule has 0 saturated heterocycles. The summed E-state index contributed by atoms with van der Waals surface area (Å²) < 4.78 is 0. The zero-order valence-corrected chi connectivity index (χ0v) is 17.1. The van der Waals surface area contributed by atoms with E-state index in [0.717, 1.165) is 0 Å². The molecule has 32 heavy (non-hydrogen) atoms. The van der Waals surface area contributed by atoms with Gasteiger partial charge in [0.2, 0.25) is 23.6 Å². The topological polar surface area (TPSA) is 234 Å². The van der Waals surface area contributed by atoms with E-state index in [4.69, 9.17) is 16.6 Å². The van der Waals surface area contributed by atoms with Crippen molar-refractivity contribution in [1.29, 1.82) is 0 Å². The van der Waals surface area contributed by atoms with Gasteiger partial charge in [-0.05, 0) is 24.1 Å². The fourth-order valence-electron chi connectivity index (χ4n) is 2.52. The lowest BCUT2D eigenvalue weighted by molar-refractivity contribution is -0.142. The number of aliphatic hydroxyl groups is 1. The zero-order valence-electron chi connectivity index (χ0n) is 17.1. The molecule has 0 aliphatic heterocycles. The lowest BCUT2D eigenvalue weighted by Crippen LogP contribution is -2.54. The van der Waals surface area contributed by atoms with Crippen molar-refractivity contribution in [3.63, 3.8) is 0 Å². The molecule has 0 saturated carbocycles. The largest absolute Gasteiger partial charge is 0.508 e. The van der Waals surface area contributed by atoms with E-state index < -0.39 is 60.9 Å². The number of aliphatic hydroxyl groups excluding tert-OH is 1. The van der Waals surface area contributed by atoms with Crippen molar-refractivity contribution in [3.05, 3.63) is 29.8 Å². The van der Waals surface area contributed by atoms with Crippen molar-refractivity contribution in [2.75, 3.05) is 13.2 Å². The summed E-state index contributed by atoms with van der Waals surface area (Å²) in [6.45, 7) is -1.17. The minimum Gasteiger partial charge on any atom is -0.508 e. The molecule has 0 aliphatic rings. The van der Waals surface area contributed by atoms with Gasteiger partial charge in [0.25, 0.3) is 0 Å². The lowest BCUT2D eigenvalue weighted by atomic mass is 10.0. The molecule has 3 atom stereocenters. The number of rotatable bonds is 13. The maximum absolute atomic E-state index is 12.7. The Hall–Kier alpha value is -3.71. The maximum atomic E-state index is 12.7. The highest BCUT2D eigenvalue weighted by atomic mass is 16.4. The number of amides is 4. The number of carbonyl (C=O) groups is 5. The Morgan fingerprint density at radius 2 is 1.59 bits per heavy atom. The monoisotopic (exact) mass is 453 g/mol. The summed E-state index contributed by atoms with van der Waals surface area (Å²) in [5.41, 5.74) is 10.9. The molecule has 0 bridgehead atoms. The number of aliphatic carboxylic acids is 1. The molecular formula is C19H27N5O8. The number of nitrogens with one attached hydrogen (secondary N) is 3. The lowest BCUT2D eigenvalue weighted by Gasteiger charge is -2.22. The van der Waals surface area contributed by atoms with Gasteiger partial charge in [0.1, 0.15) is 23.9 Å². The molecule has 1 aromatic carbocycles. The van der Waals surface area contributed by atoms with Crippen LogP contribution in [0.25, 0.3) is 0 Å². The Morgan fingerprint density at radius 1 is 0.969 bits per heavy atom. The molecule has 0 spiro atoms. The van der Waals surface area contributed by atoms with Gasteiger partial charge in [-0.2, -0.15) is 0 Å². The third-order valence-corrected chi connectivity index (χ3v) is 4.28. The van der Waals surface area contributed by atoms with E-state index in [2.05, 4.69) is 16.0 Å². The Labute approximate surface area is 183 Å². The number of carbonyl (C=O) groups excluding carboxylic acids is 4. The first-order valence-electron chi connectivity index (χ1n) is 9.56. The standard InChI is InChI=1S/C19H27N5O8/c20-12(9-25)17(29)22-8-16(28)23-14(7-10-1-3-11(26)4-2-10)18(30)24-13(19(31)32)5-6-15(21)27/h1-4,12-14,25-26H,5-9,20H2,(H2,21,27)(H,22,29)(H,23,28)(H,24,30)(H,31,32)/t12-,13-,14-/m0/s1. The van der Waals surface area contributed by atoms with E-state index in [1.807, 2.05) is 0 Å². The van der Waals surface area contributed by atoms with Crippen LogP contribution >= 0.6 is 0 Å². The third-order valence-electron chi connectivity index (χ3n) is 4.28. The van der Waals surface area contributed by atoms with E-state index in [1.165, 1.54) is 24.3 Å². The number of nitrogens with two attached hydrogens (primary N) is 2. The molecule has 13 heteroatoms. The van der Waals surface area contributed by atoms with Crippen LogP contribution in [-0.2, 0) is 30.4 Å². The Balaban J connectivity index is 2.90. The number of phenolic OH excluding ortho intramolecular Hbond substituents is 1. The molecule has 0 unspecified atom stereocenters. The van der Waals surface area contributed by atoms with Crippen molar-refractivity contribution < 1.29 is 39.3 Å². The van der Waals surface area contributed by atoms with Crippen LogP contribution in [0.4, 0.5) is 0 Å². The summed E-state index contributed by atoms with van der Waals surface area (Å²) in [5, 5.41) is 34.3. The third kappa shape index (κ3) is 9.40. The second-order valence-corrected chi connectivity index (χ2v) is 6.90. The summed E-state index contributed by atoms with van der Waals surface area (Å²) in [4.78, 5) is 58.9. The van der Waals surface area contributed by atoms with Crippen molar-refractivity contribution in [1.82, 2.24) is 16.0 Å². The fraction of sp³-hybridized carbons (Fsp3) is 0.421. The molecule has 0 radical (unpaired) electrons. The highest BCUT2D eigenvalue weighted by Gasteiger charge is 2.27. The van der Waals surface area contributed by atoms with Crippen LogP contribution in [0.15, 0.2) is 24.3 Å². The number of hydrogen-bond donors (Lipinski definition) is 8. The number of carboxylic acids is 1. The fourth-order valence-corrected chi connectivity index (χ4v) is 2.52. The van der Waals surface area contributed by atoms with E-state index in [0.29, 0.717) is 5.56 Å². The number of phenols is 1. The van der Waals surface area contributed by atoms with Gasteiger partial charge < -0.3 is 42.7 Å². The summed E-state index contributed by atoms with van der Waals surface area (Å²) in [6, 6.07) is 1.87. The molecule has 0 aliphatic carbocycles. The zero-order chi connectivity index (χ0) is 24.3. The van der Waals surface area contributed by atoms with Crippen LogP contribution in [-0.4, -0.2) is 76.2 Å². The molecule has 10 N–H and O–H groups in total. The average Bonchev–Trinajstić information content (AvgIpc) is 2.74. The van der Waals surface area contributed by atoms with E-state index in [-0.39, 0.29) is 25.0 Å². The second-order valence-electron chi connectivity index (χ2n) is 6.90. The summed E-state index contributed by atoms with van der Waals surface area (Å²) in [7, 11) is 0. The minimum atomic E-state index is -1.42. The predicted octanol–water partition coefficient (Wildman–Crippen LogP) is -3.31. The van der Waals surface area contributed by atoms with Crippen molar-refractivity contribution in [2.24, 2.45) is 11.5 Å². The number of primary amides is 1. The smallest absolute Gasteiger partial charge is 0.326 e. The van der Waals surface area contributed by atoms with Gasteiger partial charge in [-0.1, -0.05) is 12.1 Å². The Bertz CT molecular complexity index is 830. The van der Waals surface area contributed by atoms with Gasteiger partial charge in [0, 0.05) is 12.8 Å². The molecule has 0 heterocycles. The van der Waals surface area contributed by atoms with Crippen molar-refractivity contribution in [3.8, 4) is 5.75 Å². The quantitative estimate of drug-likeness (QED) is 0.149. The maximum Gasteiger partial charge on any atom is 0.326 e. The van der Waals surface area contributed by atoms with Gasteiger partial charge in [-0.3, -0.25) is 19.2 Å². The summed E-state index contributed by atoms with van der Waals surface area (Å²) in [6.07, 6.45) is -0.584. The van der Waals surface area contributed by atoms with Crippen LogP contribution in [0, 0.1) is 0 Å². The number of aromatic hydroxyl groups is 1.